The molecule has 0 aromatic heterocycles. The van der Waals surface area contributed by atoms with Crippen molar-refractivity contribution in [2.24, 2.45) is 0 Å². The molecule has 1 N–H and O–H groups in total. The third kappa shape index (κ3) is 5.32. The van der Waals surface area contributed by atoms with E-state index in [1.165, 1.54) is 5.56 Å². The van der Waals surface area contributed by atoms with E-state index in [9.17, 15) is 4.79 Å². The van der Waals surface area contributed by atoms with Crippen LogP contribution in [0.5, 0.6) is 11.5 Å². The van der Waals surface area contributed by atoms with Crippen LogP contribution in [0.2, 0.25) is 0 Å². The molecule has 0 spiro atoms. The highest BCUT2D eigenvalue weighted by atomic mass is 16.5. The largest absolute Gasteiger partial charge is 0.497 e. The summed E-state index contributed by atoms with van der Waals surface area (Å²) in [5, 5.41) is 3.51. The second-order valence-electron chi connectivity index (χ2n) is 7.60. The van der Waals surface area contributed by atoms with Crippen LogP contribution in [-0.2, 0) is 22.6 Å². The van der Waals surface area contributed by atoms with Gasteiger partial charge < -0.3 is 14.2 Å². The minimum atomic E-state index is -0.686. The smallest absolute Gasteiger partial charge is 0.326 e. The van der Waals surface area contributed by atoms with Crippen molar-refractivity contribution in [1.82, 2.24) is 10.2 Å². The Morgan fingerprint density at radius 3 is 2.43 bits per heavy atom. The van der Waals surface area contributed by atoms with Crippen LogP contribution in [0.15, 0.2) is 48.5 Å². The number of carbonyl (C=O) groups is 1. The van der Waals surface area contributed by atoms with Crippen molar-refractivity contribution >= 4 is 5.97 Å². The molecular weight excluding hydrogens is 380 g/mol. The summed E-state index contributed by atoms with van der Waals surface area (Å²) >= 11 is 0. The van der Waals surface area contributed by atoms with Crippen LogP contribution in [0, 0.1) is 0 Å². The lowest BCUT2D eigenvalue weighted by atomic mass is 9.86. The first kappa shape index (κ1) is 22.1. The highest BCUT2D eigenvalue weighted by molar-refractivity contribution is 5.81. The van der Waals surface area contributed by atoms with Gasteiger partial charge >= 0.3 is 5.97 Å². The van der Waals surface area contributed by atoms with Crippen LogP contribution in [-0.4, -0.2) is 50.3 Å². The minimum Gasteiger partial charge on any atom is -0.497 e. The zero-order chi connectivity index (χ0) is 21.4. The Labute approximate surface area is 179 Å². The van der Waals surface area contributed by atoms with E-state index in [0.717, 1.165) is 36.7 Å². The average Bonchev–Trinajstić information content (AvgIpc) is 2.79. The number of carbonyl (C=O) groups excluding carboxylic acids is 1. The highest BCUT2D eigenvalue weighted by Gasteiger charge is 2.42. The van der Waals surface area contributed by atoms with Gasteiger partial charge in [0.1, 0.15) is 17.0 Å². The van der Waals surface area contributed by atoms with Gasteiger partial charge in [-0.05, 0) is 31.4 Å². The summed E-state index contributed by atoms with van der Waals surface area (Å²) in [5.41, 5.74) is 1.58. The summed E-state index contributed by atoms with van der Waals surface area (Å²) < 4.78 is 16.2. The van der Waals surface area contributed by atoms with E-state index in [0.29, 0.717) is 26.0 Å². The van der Waals surface area contributed by atoms with Crippen LogP contribution in [0.3, 0.4) is 0 Å². The molecular formula is C24H32N2O4. The van der Waals surface area contributed by atoms with Crippen molar-refractivity contribution in [2.45, 2.75) is 38.4 Å². The zero-order valence-corrected chi connectivity index (χ0v) is 18.1. The van der Waals surface area contributed by atoms with E-state index in [1.54, 1.807) is 14.2 Å². The summed E-state index contributed by atoms with van der Waals surface area (Å²) in [6.45, 7) is 5.31. The van der Waals surface area contributed by atoms with Crippen LogP contribution >= 0.6 is 0 Å². The molecule has 0 unspecified atom stereocenters. The van der Waals surface area contributed by atoms with Gasteiger partial charge in [0.2, 0.25) is 0 Å². The van der Waals surface area contributed by atoms with Crippen molar-refractivity contribution in [3.8, 4) is 11.5 Å². The fraction of sp³-hybridized carbons (Fsp3) is 0.458. The Bertz CT molecular complexity index is 817. The quantitative estimate of drug-likeness (QED) is 0.637. The molecule has 1 aliphatic heterocycles. The molecule has 0 amide bonds. The molecule has 0 aliphatic carbocycles. The number of nitrogens with zero attached hydrogens (tertiary/aromatic N) is 1. The van der Waals surface area contributed by atoms with Gasteiger partial charge in [-0.2, -0.15) is 0 Å². The van der Waals surface area contributed by atoms with E-state index in [-0.39, 0.29) is 5.97 Å². The predicted octanol–water partition coefficient (Wildman–Crippen LogP) is 3.39. The average molecular weight is 413 g/mol. The molecule has 162 valence electrons. The number of likely N-dealkylation sites (tertiary alicyclic amines) is 1. The maximum absolute atomic E-state index is 12.9. The van der Waals surface area contributed by atoms with Gasteiger partial charge in [-0.1, -0.05) is 36.4 Å². The number of piperidine rings is 1. The zero-order valence-electron chi connectivity index (χ0n) is 18.1. The standard InChI is InChI=1S/C24H32N2O4/c1-4-30-23(27)24(25-17-20-10-11-21(28-2)16-22(20)29-3)12-14-26(15-13-24)18-19-8-6-5-7-9-19/h5-11,16,25H,4,12-15,17-18H2,1-3H3. The molecule has 1 saturated heterocycles. The van der Waals surface area contributed by atoms with Crippen molar-refractivity contribution in [3.63, 3.8) is 0 Å². The lowest BCUT2D eigenvalue weighted by molar-refractivity contribution is -0.153. The van der Waals surface area contributed by atoms with E-state index in [2.05, 4.69) is 34.5 Å². The molecule has 6 nitrogen and oxygen atoms in total. The fourth-order valence-corrected chi connectivity index (χ4v) is 3.92. The Hall–Kier alpha value is -2.57. The first-order valence-electron chi connectivity index (χ1n) is 10.5. The SMILES string of the molecule is CCOC(=O)C1(NCc2ccc(OC)cc2OC)CCN(Cc2ccccc2)CC1. The summed E-state index contributed by atoms with van der Waals surface area (Å²) in [5.74, 6) is 1.31. The summed E-state index contributed by atoms with van der Waals surface area (Å²) in [6.07, 6.45) is 1.41. The van der Waals surface area contributed by atoms with Crippen molar-refractivity contribution in [3.05, 3.63) is 59.7 Å². The Kier molecular flexibility index (Phi) is 7.71. The molecule has 1 aliphatic rings. The number of esters is 1. The number of rotatable bonds is 9. The molecule has 0 radical (unpaired) electrons. The predicted molar refractivity (Wildman–Crippen MR) is 117 cm³/mol. The maximum atomic E-state index is 12.9. The number of methoxy groups -OCH3 is 2. The number of benzene rings is 2. The second-order valence-corrected chi connectivity index (χ2v) is 7.60. The molecule has 0 atom stereocenters. The third-order valence-corrected chi connectivity index (χ3v) is 5.74. The minimum absolute atomic E-state index is 0.170. The molecule has 1 fully saturated rings. The van der Waals surface area contributed by atoms with Gasteiger partial charge in [-0.3, -0.25) is 15.0 Å². The lowest BCUT2D eigenvalue weighted by Gasteiger charge is -2.40. The molecule has 0 saturated carbocycles. The van der Waals surface area contributed by atoms with Crippen LogP contribution < -0.4 is 14.8 Å². The van der Waals surface area contributed by atoms with Gasteiger partial charge in [0, 0.05) is 37.8 Å². The van der Waals surface area contributed by atoms with Crippen molar-refractivity contribution in [2.75, 3.05) is 33.9 Å². The van der Waals surface area contributed by atoms with E-state index in [1.807, 2.05) is 31.2 Å². The maximum Gasteiger partial charge on any atom is 0.326 e. The van der Waals surface area contributed by atoms with Gasteiger partial charge in [0.05, 0.1) is 20.8 Å². The normalized spacial score (nSPS) is 16.1. The Morgan fingerprint density at radius 1 is 1.07 bits per heavy atom. The van der Waals surface area contributed by atoms with Gasteiger partial charge in [-0.25, -0.2) is 0 Å². The van der Waals surface area contributed by atoms with Gasteiger partial charge in [-0.15, -0.1) is 0 Å². The Morgan fingerprint density at radius 2 is 1.80 bits per heavy atom. The third-order valence-electron chi connectivity index (χ3n) is 5.74. The summed E-state index contributed by atoms with van der Waals surface area (Å²) in [4.78, 5) is 15.3. The van der Waals surface area contributed by atoms with Crippen LogP contribution in [0.25, 0.3) is 0 Å². The topological polar surface area (TPSA) is 60.0 Å². The molecule has 6 heteroatoms. The van der Waals surface area contributed by atoms with E-state index >= 15 is 0 Å². The Balaban J connectivity index is 1.69. The summed E-state index contributed by atoms with van der Waals surface area (Å²) in [6, 6.07) is 16.2. The highest BCUT2D eigenvalue weighted by Crippen LogP contribution is 2.29. The number of ether oxygens (including phenoxy) is 3. The first-order valence-corrected chi connectivity index (χ1v) is 10.5. The molecule has 2 aromatic carbocycles. The molecule has 1 heterocycles. The fourth-order valence-electron chi connectivity index (χ4n) is 3.92. The number of hydrogen-bond donors (Lipinski definition) is 1. The van der Waals surface area contributed by atoms with Crippen LogP contribution in [0.1, 0.15) is 30.9 Å². The van der Waals surface area contributed by atoms with Crippen molar-refractivity contribution < 1.29 is 19.0 Å². The molecule has 2 aromatic rings. The number of hydrogen-bond acceptors (Lipinski definition) is 6. The second kappa shape index (κ2) is 10.5. The number of nitrogens with one attached hydrogen (secondary N) is 1. The van der Waals surface area contributed by atoms with Gasteiger partial charge in [0.25, 0.3) is 0 Å². The van der Waals surface area contributed by atoms with E-state index < -0.39 is 5.54 Å². The monoisotopic (exact) mass is 412 g/mol. The summed E-state index contributed by atoms with van der Waals surface area (Å²) in [7, 11) is 3.27. The van der Waals surface area contributed by atoms with E-state index in [4.69, 9.17) is 14.2 Å². The lowest BCUT2D eigenvalue weighted by Crippen LogP contribution is -2.58. The first-order chi connectivity index (χ1) is 14.6. The van der Waals surface area contributed by atoms with Crippen LogP contribution in [0.4, 0.5) is 0 Å². The molecule has 30 heavy (non-hydrogen) atoms. The van der Waals surface area contributed by atoms with Crippen molar-refractivity contribution in [1.29, 1.82) is 0 Å². The molecule has 3 rings (SSSR count). The molecule has 0 bridgehead atoms. The van der Waals surface area contributed by atoms with Gasteiger partial charge in [0.15, 0.2) is 0 Å².